The van der Waals surface area contributed by atoms with Crippen LogP contribution in [0.5, 0.6) is 0 Å². The van der Waals surface area contributed by atoms with Gasteiger partial charge in [-0.2, -0.15) is 0 Å². The molecule has 1 atom stereocenters. The molecule has 0 aliphatic rings. The van der Waals surface area contributed by atoms with Crippen LogP contribution < -0.4 is 10.6 Å². The minimum atomic E-state index is -3.57. The zero-order valence-corrected chi connectivity index (χ0v) is 23.3. The fraction of sp³-hybridized carbons (Fsp3) is 0. The highest BCUT2D eigenvalue weighted by Crippen LogP contribution is 2.53. The van der Waals surface area contributed by atoms with Gasteiger partial charge in [-0.3, -0.25) is 18.3 Å². The standard InChI is InChI=1S/C36H23N4OP/c41-42(24-20-22-37-23-21-24,40-31-16-6-2-10-25(31)26-11-3-7-17-32(26)40)34-19-9-13-28-27-12-1-5-15-30(27)39-33-18-8-4-14-29(33)38-36(39)35(28)34/h1-23H. The Kier molecular flexibility index (Phi) is 4.82. The molecule has 42 heavy (non-hydrogen) atoms. The molecule has 0 bridgehead atoms. The number of aromatic nitrogens is 4. The van der Waals surface area contributed by atoms with Crippen LogP contribution >= 0.6 is 7.29 Å². The molecule has 6 heteroatoms. The number of imidazole rings is 1. The zero-order chi connectivity index (χ0) is 27.8. The summed E-state index contributed by atoms with van der Waals surface area (Å²) in [4.78, 5) is 9.48. The van der Waals surface area contributed by atoms with Crippen LogP contribution in [-0.2, 0) is 4.57 Å². The molecular formula is C36H23N4OP. The third-order valence-electron chi connectivity index (χ3n) is 8.44. The molecule has 0 aliphatic heterocycles. The Morgan fingerprint density at radius 1 is 0.524 bits per heavy atom. The molecular weight excluding hydrogens is 535 g/mol. The number of benzene rings is 5. The van der Waals surface area contributed by atoms with E-state index in [1.54, 1.807) is 12.4 Å². The summed E-state index contributed by atoms with van der Waals surface area (Å²) in [5.74, 6) is 0. The van der Waals surface area contributed by atoms with Gasteiger partial charge in [0.25, 0.3) is 0 Å². The third kappa shape index (κ3) is 3.01. The summed E-state index contributed by atoms with van der Waals surface area (Å²) in [6.07, 6.45) is 3.46. The lowest BCUT2D eigenvalue weighted by Gasteiger charge is -2.25. The van der Waals surface area contributed by atoms with Gasteiger partial charge in [-0.05, 0) is 53.9 Å². The van der Waals surface area contributed by atoms with Crippen LogP contribution in [0.15, 0.2) is 140 Å². The van der Waals surface area contributed by atoms with Crippen molar-refractivity contribution in [2.75, 3.05) is 0 Å². The lowest BCUT2D eigenvalue weighted by Crippen LogP contribution is -2.23. The van der Waals surface area contributed by atoms with Crippen molar-refractivity contribution in [3.05, 3.63) is 140 Å². The van der Waals surface area contributed by atoms with E-state index in [0.29, 0.717) is 0 Å². The van der Waals surface area contributed by atoms with Gasteiger partial charge in [0, 0.05) is 44.5 Å². The quantitative estimate of drug-likeness (QED) is 0.163. The van der Waals surface area contributed by atoms with Crippen molar-refractivity contribution >= 4 is 78.1 Å². The van der Waals surface area contributed by atoms with Crippen LogP contribution in [0.4, 0.5) is 0 Å². The number of nitrogens with zero attached hydrogens (tertiary/aromatic N) is 4. The fourth-order valence-corrected chi connectivity index (χ4v) is 9.73. The molecule has 0 spiro atoms. The van der Waals surface area contributed by atoms with Crippen LogP contribution in [0.25, 0.3) is 60.2 Å². The number of para-hydroxylation sites is 5. The summed E-state index contributed by atoms with van der Waals surface area (Å²) in [5.41, 5.74) is 5.66. The minimum absolute atomic E-state index is 0.721. The Labute approximate surface area is 240 Å². The van der Waals surface area contributed by atoms with Crippen LogP contribution in [0, 0.1) is 0 Å². The van der Waals surface area contributed by atoms with E-state index >= 15 is 4.57 Å². The summed E-state index contributed by atoms with van der Waals surface area (Å²) >= 11 is 0. The van der Waals surface area contributed by atoms with E-state index in [1.807, 2.05) is 66.7 Å². The average molecular weight is 559 g/mol. The lowest BCUT2D eigenvalue weighted by atomic mass is 10.1. The maximum absolute atomic E-state index is 16.4. The maximum Gasteiger partial charge on any atom is 0.234 e. The van der Waals surface area contributed by atoms with Gasteiger partial charge < -0.3 is 0 Å². The largest absolute Gasteiger partial charge is 0.292 e. The summed E-state index contributed by atoms with van der Waals surface area (Å²) in [6.45, 7) is 0. The topological polar surface area (TPSA) is 52.2 Å². The molecule has 0 fully saturated rings. The molecule has 0 saturated carbocycles. The molecule has 4 aromatic heterocycles. The molecule has 0 amide bonds. The third-order valence-corrected chi connectivity index (χ3v) is 11.5. The Bertz CT molecular complexity index is 2510. The van der Waals surface area contributed by atoms with Crippen LogP contribution in [0.1, 0.15) is 0 Å². The monoisotopic (exact) mass is 558 g/mol. The van der Waals surface area contributed by atoms with Crippen molar-refractivity contribution in [2.45, 2.75) is 0 Å². The highest BCUT2D eigenvalue weighted by Gasteiger charge is 2.35. The van der Waals surface area contributed by atoms with Gasteiger partial charge in [-0.15, -0.1) is 0 Å². The Balaban J connectivity index is 1.56. The molecule has 0 saturated heterocycles. The van der Waals surface area contributed by atoms with Crippen LogP contribution in [0.3, 0.4) is 0 Å². The molecule has 5 aromatic carbocycles. The number of hydrogen-bond donors (Lipinski definition) is 0. The van der Waals surface area contributed by atoms with Gasteiger partial charge in [-0.25, -0.2) is 4.98 Å². The molecule has 0 aliphatic carbocycles. The van der Waals surface area contributed by atoms with E-state index in [2.05, 4.69) is 74.4 Å². The van der Waals surface area contributed by atoms with Gasteiger partial charge in [0.2, 0.25) is 7.29 Å². The first-order valence-corrected chi connectivity index (χ1v) is 15.6. The van der Waals surface area contributed by atoms with E-state index in [0.717, 1.165) is 70.8 Å². The smallest absolute Gasteiger partial charge is 0.234 e. The van der Waals surface area contributed by atoms with Crippen molar-refractivity contribution in [3.63, 3.8) is 0 Å². The van der Waals surface area contributed by atoms with Crippen molar-refractivity contribution in [3.8, 4) is 0 Å². The fourth-order valence-electron chi connectivity index (χ4n) is 6.70. The van der Waals surface area contributed by atoms with Crippen LogP contribution in [-0.4, -0.2) is 18.7 Å². The SMILES string of the molecule is O=P(c1ccncc1)(c1cccc2c3ccccc3n3c4ccccc4nc3c12)n1c2ccccc2c2ccccc21. The number of hydrogen-bond acceptors (Lipinski definition) is 3. The average Bonchev–Trinajstić information content (AvgIpc) is 3.62. The highest BCUT2D eigenvalue weighted by molar-refractivity contribution is 7.78. The molecule has 9 aromatic rings. The van der Waals surface area contributed by atoms with Gasteiger partial charge >= 0.3 is 0 Å². The van der Waals surface area contributed by atoms with Crippen molar-refractivity contribution in [1.82, 2.24) is 18.7 Å². The molecule has 198 valence electrons. The molecule has 0 radical (unpaired) electrons. The Hall–Kier alpha value is -5.25. The first-order valence-electron chi connectivity index (χ1n) is 14.0. The summed E-state index contributed by atoms with van der Waals surface area (Å²) in [5, 5.41) is 6.64. The number of fused-ring (bicyclic) bond motifs is 11. The van der Waals surface area contributed by atoms with E-state index in [9.17, 15) is 0 Å². The molecule has 4 heterocycles. The molecule has 9 rings (SSSR count). The van der Waals surface area contributed by atoms with E-state index < -0.39 is 7.29 Å². The van der Waals surface area contributed by atoms with E-state index in [4.69, 9.17) is 4.98 Å². The highest BCUT2D eigenvalue weighted by atomic mass is 31.2. The summed E-state index contributed by atoms with van der Waals surface area (Å²) < 4.78 is 20.7. The normalized spacial score (nSPS) is 13.5. The molecule has 0 N–H and O–H groups in total. The van der Waals surface area contributed by atoms with Gasteiger partial charge in [0.1, 0.15) is 5.65 Å². The van der Waals surface area contributed by atoms with Crippen molar-refractivity contribution < 1.29 is 4.57 Å². The maximum atomic E-state index is 16.4. The first-order chi connectivity index (χ1) is 20.7. The molecule has 5 nitrogen and oxygen atoms in total. The predicted molar refractivity (Wildman–Crippen MR) is 174 cm³/mol. The predicted octanol–water partition coefficient (Wildman–Crippen LogP) is 8.07. The second kappa shape index (κ2) is 8.62. The van der Waals surface area contributed by atoms with Crippen molar-refractivity contribution in [2.24, 2.45) is 0 Å². The summed E-state index contributed by atoms with van der Waals surface area (Å²) in [7, 11) is -3.57. The number of rotatable bonds is 3. The minimum Gasteiger partial charge on any atom is -0.292 e. The Morgan fingerprint density at radius 2 is 1.07 bits per heavy atom. The molecule has 1 unspecified atom stereocenters. The van der Waals surface area contributed by atoms with E-state index in [1.165, 1.54) is 0 Å². The van der Waals surface area contributed by atoms with Crippen molar-refractivity contribution in [1.29, 1.82) is 0 Å². The summed E-state index contributed by atoms with van der Waals surface area (Å²) in [6, 6.07) is 43.1. The van der Waals surface area contributed by atoms with Crippen LogP contribution in [0.2, 0.25) is 0 Å². The second-order valence-corrected chi connectivity index (χ2v) is 13.2. The Morgan fingerprint density at radius 3 is 1.76 bits per heavy atom. The zero-order valence-electron chi connectivity index (χ0n) is 22.4. The van der Waals surface area contributed by atoms with Gasteiger partial charge in [0.05, 0.1) is 27.6 Å². The first kappa shape index (κ1) is 23.5. The van der Waals surface area contributed by atoms with Gasteiger partial charge in [-0.1, -0.05) is 78.9 Å². The number of pyridine rings is 2. The second-order valence-electron chi connectivity index (χ2n) is 10.6. The van der Waals surface area contributed by atoms with Gasteiger partial charge in [0.15, 0.2) is 0 Å². The lowest BCUT2D eigenvalue weighted by molar-refractivity contribution is 0.583. The van der Waals surface area contributed by atoms with E-state index in [-0.39, 0.29) is 0 Å².